The molecule has 0 bridgehead atoms. The Labute approximate surface area is 266 Å². The van der Waals surface area contributed by atoms with Gasteiger partial charge in [0.05, 0.1) is 13.2 Å². The molecule has 0 saturated heterocycles. The van der Waals surface area contributed by atoms with E-state index in [9.17, 15) is 19.0 Å². The van der Waals surface area contributed by atoms with Crippen molar-refractivity contribution in [1.82, 2.24) is 0 Å². The van der Waals surface area contributed by atoms with Crippen molar-refractivity contribution >= 4 is 19.8 Å². The van der Waals surface area contributed by atoms with E-state index in [1.54, 1.807) is 0 Å². The van der Waals surface area contributed by atoms with Gasteiger partial charge < -0.3 is 20.1 Å². The van der Waals surface area contributed by atoms with Crippen LogP contribution in [0, 0.1) is 0 Å². The van der Waals surface area contributed by atoms with Gasteiger partial charge in [-0.3, -0.25) is 18.6 Å². The molecule has 3 N–H and O–H groups in total. The second kappa shape index (κ2) is 30.7. The third kappa shape index (κ3) is 29.8. The number of phosphoric acid groups is 1. The Hall–Kier alpha value is -2.29. The number of hydrogen-bond acceptors (Lipinski definition) is 8. The SMILES string of the molecule is CC/C=C\C/C=C\C/C=C\C/C=C\C/C=C\CCCCCC(=O)OC(COC(=O)CCCCCC)COP(=O)(O)OCCN. The number of esters is 2. The van der Waals surface area contributed by atoms with Crippen LogP contribution in [-0.2, 0) is 32.7 Å². The van der Waals surface area contributed by atoms with Gasteiger partial charge in [-0.15, -0.1) is 0 Å². The summed E-state index contributed by atoms with van der Waals surface area (Å²) >= 11 is 0. The molecule has 0 aliphatic carbocycles. The maximum Gasteiger partial charge on any atom is 0.472 e. The molecule has 0 radical (unpaired) electrons. The Balaban J connectivity index is 4.24. The number of unbranched alkanes of at least 4 members (excludes halogenated alkanes) is 6. The standard InChI is InChI=1S/C34H58NO8P/c1-3-5-7-9-10-11-12-13-14-15-16-17-18-19-20-21-22-23-25-27-34(37)43-32(31-42-44(38,39)41-29-28-35)30-40-33(36)26-24-8-6-4-2/h5,7,10-11,13-14,16-17,19-20,32H,3-4,6,8-9,12,15,18,21-31,35H2,1-2H3,(H,38,39)/b7-5-,11-10-,14-13-,17-16-,20-19-. The van der Waals surface area contributed by atoms with Crippen molar-refractivity contribution in [2.45, 2.75) is 116 Å². The summed E-state index contributed by atoms with van der Waals surface area (Å²) in [5.41, 5.74) is 5.29. The highest BCUT2D eigenvalue weighted by molar-refractivity contribution is 7.47. The molecule has 0 aliphatic rings. The summed E-state index contributed by atoms with van der Waals surface area (Å²) in [6, 6.07) is 0. The van der Waals surface area contributed by atoms with Gasteiger partial charge >= 0.3 is 19.8 Å². The molecule has 0 aromatic heterocycles. The first kappa shape index (κ1) is 41.7. The molecule has 0 aliphatic heterocycles. The van der Waals surface area contributed by atoms with E-state index in [4.69, 9.17) is 24.3 Å². The van der Waals surface area contributed by atoms with Crippen LogP contribution in [0.25, 0.3) is 0 Å². The minimum Gasteiger partial charge on any atom is -0.462 e. The minimum atomic E-state index is -4.37. The topological polar surface area (TPSA) is 134 Å². The van der Waals surface area contributed by atoms with Gasteiger partial charge in [-0.25, -0.2) is 4.57 Å². The maximum atomic E-state index is 12.4. The average molecular weight is 640 g/mol. The molecule has 44 heavy (non-hydrogen) atoms. The zero-order chi connectivity index (χ0) is 32.6. The number of nitrogens with two attached hydrogens (primary N) is 1. The van der Waals surface area contributed by atoms with Crippen LogP contribution in [0.15, 0.2) is 60.8 Å². The van der Waals surface area contributed by atoms with Gasteiger partial charge in [0.25, 0.3) is 0 Å². The van der Waals surface area contributed by atoms with Crippen molar-refractivity contribution in [3.05, 3.63) is 60.8 Å². The van der Waals surface area contributed by atoms with Crippen molar-refractivity contribution in [3.8, 4) is 0 Å². The smallest absolute Gasteiger partial charge is 0.462 e. The molecule has 0 rings (SSSR count). The molecule has 2 atom stereocenters. The summed E-state index contributed by atoms with van der Waals surface area (Å²) in [5.74, 6) is -0.896. The lowest BCUT2D eigenvalue weighted by Crippen LogP contribution is -2.29. The highest BCUT2D eigenvalue weighted by Gasteiger charge is 2.25. The van der Waals surface area contributed by atoms with Crippen LogP contribution in [0.1, 0.15) is 110 Å². The highest BCUT2D eigenvalue weighted by Crippen LogP contribution is 2.43. The molecule has 2 unspecified atom stereocenters. The summed E-state index contributed by atoms with van der Waals surface area (Å²) in [6.45, 7) is 3.39. The Kier molecular flexibility index (Phi) is 29.1. The molecule has 0 aromatic carbocycles. The average Bonchev–Trinajstić information content (AvgIpc) is 3.00. The molecule has 252 valence electrons. The monoisotopic (exact) mass is 639 g/mol. The second-order valence-electron chi connectivity index (χ2n) is 10.3. The van der Waals surface area contributed by atoms with Crippen LogP contribution in [0.2, 0.25) is 0 Å². The number of rotatable bonds is 29. The Morgan fingerprint density at radius 3 is 1.82 bits per heavy atom. The largest absolute Gasteiger partial charge is 0.472 e. The van der Waals surface area contributed by atoms with Crippen LogP contribution in [0.5, 0.6) is 0 Å². The summed E-state index contributed by atoms with van der Waals surface area (Å²) in [6.07, 6.45) is 33.2. The lowest BCUT2D eigenvalue weighted by atomic mass is 10.1. The first-order valence-corrected chi connectivity index (χ1v) is 17.8. The number of phosphoric ester groups is 1. The molecular weight excluding hydrogens is 581 g/mol. The summed E-state index contributed by atoms with van der Waals surface area (Å²) < 4.78 is 32.2. The summed E-state index contributed by atoms with van der Waals surface area (Å²) in [5, 5.41) is 0. The molecule has 0 fully saturated rings. The van der Waals surface area contributed by atoms with Crippen LogP contribution >= 0.6 is 7.82 Å². The third-order valence-electron chi connectivity index (χ3n) is 6.17. The highest BCUT2D eigenvalue weighted by atomic mass is 31.2. The van der Waals surface area contributed by atoms with E-state index >= 15 is 0 Å². The van der Waals surface area contributed by atoms with Crippen LogP contribution in [-0.4, -0.2) is 49.3 Å². The quantitative estimate of drug-likeness (QED) is 0.0359. The van der Waals surface area contributed by atoms with Crippen molar-refractivity contribution in [1.29, 1.82) is 0 Å². The van der Waals surface area contributed by atoms with E-state index in [1.807, 2.05) is 0 Å². The van der Waals surface area contributed by atoms with Gasteiger partial charge in [0, 0.05) is 19.4 Å². The van der Waals surface area contributed by atoms with E-state index < -0.39 is 32.5 Å². The predicted molar refractivity (Wildman–Crippen MR) is 178 cm³/mol. The van der Waals surface area contributed by atoms with Crippen molar-refractivity contribution < 1.29 is 37.6 Å². The zero-order valence-corrected chi connectivity index (χ0v) is 28.0. The van der Waals surface area contributed by atoms with E-state index in [0.717, 1.165) is 70.6 Å². The van der Waals surface area contributed by atoms with Crippen molar-refractivity contribution in [3.63, 3.8) is 0 Å². The molecule has 0 heterocycles. The van der Waals surface area contributed by atoms with Gasteiger partial charge in [0.2, 0.25) is 0 Å². The fourth-order valence-electron chi connectivity index (χ4n) is 3.77. The first-order valence-electron chi connectivity index (χ1n) is 16.3. The predicted octanol–water partition coefficient (Wildman–Crippen LogP) is 8.21. The van der Waals surface area contributed by atoms with Crippen LogP contribution in [0.4, 0.5) is 0 Å². The number of carbonyl (C=O) groups is 2. The van der Waals surface area contributed by atoms with Gasteiger partial charge in [0.15, 0.2) is 6.10 Å². The number of allylic oxidation sites excluding steroid dienone is 10. The Morgan fingerprint density at radius 1 is 0.705 bits per heavy atom. The normalized spacial score (nSPS) is 14.4. The maximum absolute atomic E-state index is 12.4. The van der Waals surface area contributed by atoms with E-state index in [2.05, 4.69) is 74.6 Å². The fourth-order valence-corrected chi connectivity index (χ4v) is 4.54. The number of carbonyl (C=O) groups excluding carboxylic acids is 2. The fraction of sp³-hybridized carbons (Fsp3) is 0.647. The van der Waals surface area contributed by atoms with Gasteiger partial charge in [0.1, 0.15) is 6.61 Å². The Bertz CT molecular complexity index is 913. The summed E-state index contributed by atoms with van der Waals surface area (Å²) in [7, 11) is -4.37. The van der Waals surface area contributed by atoms with Crippen molar-refractivity contribution in [2.24, 2.45) is 5.73 Å². The zero-order valence-electron chi connectivity index (χ0n) is 27.1. The molecule has 10 heteroatoms. The molecule has 0 aromatic rings. The van der Waals surface area contributed by atoms with E-state index in [0.29, 0.717) is 12.8 Å². The molecule has 0 saturated carbocycles. The minimum absolute atomic E-state index is 0.0447. The van der Waals surface area contributed by atoms with Gasteiger partial charge in [-0.1, -0.05) is 100 Å². The van der Waals surface area contributed by atoms with Crippen LogP contribution < -0.4 is 5.73 Å². The number of hydrogen-bond donors (Lipinski definition) is 2. The molecule has 9 nitrogen and oxygen atoms in total. The molecular formula is C34H58NO8P. The lowest BCUT2D eigenvalue weighted by Gasteiger charge is -2.19. The van der Waals surface area contributed by atoms with E-state index in [1.165, 1.54) is 0 Å². The first-order chi connectivity index (χ1) is 21.3. The Morgan fingerprint density at radius 2 is 1.25 bits per heavy atom. The van der Waals surface area contributed by atoms with Crippen molar-refractivity contribution in [2.75, 3.05) is 26.4 Å². The number of ether oxygens (including phenoxy) is 2. The van der Waals surface area contributed by atoms with E-state index in [-0.39, 0.29) is 32.6 Å². The molecule has 0 spiro atoms. The van der Waals surface area contributed by atoms with Gasteiger partial charge in [-0.05, 0) is 57.8 Å². The van der Waals surface area contributed by atoms with Crippen LogP contribution in [0.3, 0.4) is 0 Å². The van der Waals surface area contributed by atoms with Gasteiger partial charge in [-0.2, -0.15) is 0 Å². The second-order valence-corrected chi connectivity index (χ2v) is 11.8. The molecule has 0 amide bonds. The summed E-state index contributed by atoms with van der Waals surface area (Å²) in [4.78, 5) is 34.2. The third-order valence-corrected chi connectivity index (χ3v) is 7.15. The lowest BCUT2D eigenvalue weighted by molar-refractivity contribution is -0.161.